The zero-order valence-electron chi connectivity index (χ0n) is 13.6. The van der Waals surface area contributed by atoms with E-state index in [1.165, 1.54) is 11.1 Å². The summed E-state index contributed by atoms with van der Waals surface area (Å²) in [7, 11) is 0. The molecule has 0 bridgehead atoms. The second-order valence-electron chi connectivity index (χ2n) is 6.48. The summed E-state index contributed by atoms with van der Waals surface area (Å²) in [5.41, 5.74) is 2.62. The Balaban J connectivity index is 2.87. The Kier molecular flexibility index (Phi) is 6.25. The predicted octanol–water partition coefficient (Wildman–Crippen LogP) is 4.68. The fraction of sp³-hybridized carbons (Fsp3) is 0.611. The van der Waals surface area contributed by atoms with Gasteiger partial charge in [-0.1, -0.05) is 39.8 Å². The quantitative estimate of drug-likeness (QED) is 0.722. The minimum absolute atomic E-state index is 0.0691. The van der Waals surface area contributed by atoms with Crippen molar-refractivity contribution in [1.29, 1.82) is 0 Å². The SMILES string of the molecule is CCCOc1ccc(CCCC(C)=O)cc1C(C)(C)C. The lowest BCUT2D eigenvalue weighted by Crippen LogP contribution is -2.14. The van der Waals surface area contributed by atoms with Crippen LogP contribution in [0.25, 0.3) is 0 Å². The molecule has 1 aromatic rings. The highest BCUT2D eigenvalue weighted by atomic mass is 16.5. The summed E-state index contributed by atoms with van der Waals surface area (Å²) in [5, 5.41) is 0. The van der Waals surface area contributed by atoms with Crippen LogP contribution in [-0.2, 0) is 16.6 Å². The summed E-state index contributed by atoms with van der Waals surface area (Å²) in [5.74, 6) is 1.26. The molecule has 0 spiro atoms. The van der Waals surface area contributed by atoms with E-state index >= 15 is 0 Å². The minimum Gasteiger partial charge on any atom is -0.493 e. The van der Waals surface area contributed by atoms with Gasteiger partial charge in [-0.2, -0.15) is 0 Å². The molecule has 0 aromatic heterocycles. The molecule has 0 unspecified atom stereocenters. The van der Waals surface area contributed by atoms with E-state index in [0.29, 0.717) is 6.42 Å². The molecule has 0 atom stereocenters. The molecule has 2 nitrogen and oxygen atoms in total. The lowest BCUT2D eigenvalue weighted by atomic mass is 9.85. The number of ether oxygens (including phenoxy) is 1. The van der Waals surface area contributed by atoms with Gasteiger partial charge in [-0.15, -0.1) is 0 Å². The minimum atomic E-state index is 0.0691. The predicted molar refractivity (Wildman–Crippen MR) is 84.5 cm³/mol. The van der Waals surface area contributed by atoms with Gasteiger partial charge >= 0.3 is 0 Å². The Bertz CT molecular complexity index is 441. The molecule has 0 N–H and O–H groups in total. The molecule has 0 radical (unpaired) electrons. The van der Waals surface area contributed by atoms with Gasteiger partial charge in [0.15, 0.2) is 0 Å². The van der Waals surface area contributed by atoms with Crippen LogP contribution >= 0.6 is 0 Å². The number of aryl methyl sites for hydroxylation is 1. The molecule has 112 valence electrons. The number of Topliss-reactive ketones (excluding diaryl/α,β-unsaturated/α-hetero) is 1. The monoisotopic (exact) mass is 276 g/mol. The van der Waals surface area contributed by atoms with Crippen LogP contribution in [0.15, 0.2) is 18.2 Å². The lowest BCUT2D eigenvalue weighted by molar-refractivity contribution is -0.117. The third kappa shape index (κ3) is 5.36. The molecule has 0 saturated carbocycles. The molecular weight excluding hydrogens is 248 g/mol. The third-order valence-corrected chi connectivity index (χ3v) is 3.31. The maximum absolute atomic E-state index is 11.0. The molecule has 2 heteroatoms. The Labute approximate surface area is 123 Å². The summed E-state index contributed by atoms with van der Waals surface area (Å²) >= 11 is 0. The zero-order valence-corrected chi connectivity index (χ0v) is 13.6. The number of rotatable bonds is 7. The first kappa shape index (κ1) is 16.7. The van der Waals surface area contributed by atoms with Gasteiger partial charge in [0, 0.05) is 6.42 Å². The zero-order chi connectivity index (χ0) is 15.2. The molecule has 0 heterocycles. The van der Waals surface area contributed by atoms with Crippen LogP contribution in [0.5, 0.6) is 5.75 Å². The van der Waals surface area contributed by atoms with Crippen molar-refractivity contribution in [3.63, 3.8) is 0 Å². The maximum Gasteiger partial charge on any atom is 0.129 e. The van der Waals surface area contributed by atoms with Gasteiger partial charge in [0.25, 0.3) is 0 Å². The molecule has 0 aliphatic rings. The van der Waals surface area contributed by atoms with E-state index in [4.69, 9.17) is 4.74 Å². The van der Waals surface area contributed by atoms with Crippen molar-refractivity contribution >= 4 is 5.78 Å². The van der Waals surface area contributed by atoms with Crippen molar-refractivity contribution in [1.82, 2.24) is 0 Å². The van der Waals surface area contributed by atoms with E-state index in [9.17, 15) is 4.79 Å². The number of carbonyl (C=O) groups is 1. The van der Waals surface area contributed by atoms with Gasteiger partial charge in [-0.3, -0.25) is 0 Å². The molecule has 0 aliphatic heterocycles. The number of ketones is 1. The number of hydrogen-bond acceptors (Lipinski definition) is 2. The Morgan fingerprint density at radius 3 is 2.50 bits per heavy atom. The van der Waals surface area contributed by atoms with Crippen molar-refractivity contribution in [2.24, 2.45) is 0 Å². The summed E-state index contributed by atoms with van der Waals surface area (Å²) in [6.45, 7) is 11.2. The van der Waals surface area contributed by atoms with E-state index in [1.807, 2.05) is 0 Å². The van der Waals surface area contributed by atoms with E-state index in [0.717, 1.165) is 31.6 Å². The summed E-state index contributed by atoms with van der Waals surface area (Å²) < 4.78 is 5.86. The molecule has 0 amide bonds. The van der Waals surface area contributed by atoms with E-state index < -0.39 is 0 Å². The van der Waals surface area contributed by atoms with Crippen LogP contribution < -0.4 is 4.74 Å². The molecule has 0 fully saturated rings. The molecule has 20 heavy (non-hydrogen) atoms. The highest BCUT2D eigenvalue weighted by Crippen LogP contribution is 2.32. The van der Waals surface area contributed by atoms with Crippen LogP contribution in [-0.4, -0.2) is 12.4 Å². The van der Waals surface area contributed by atoms with E-state index in [-0.39, 0.29) is 11.2 Å². The van der Waals surface area contributed by atoms with Gasteiger partial charge in [0.1, 0.15) is 11.5 Å². The maximum atomic E-state index is 11.0. The van der Waals surface area contributed by atoms with Crippen molar-refractivity contribution < 1.29 is 9.53 Å². The first-order valence-electron chi connectivity index (χ1n) is 7.60. The highest BCUT2D eigenvalue weighted by Gasteiger charge is 2.19. The molecule has 1 aromatic carbocycles. The average molecular weight is 276 g/mol. The second-order valence-corrected chi connectivity index (χ2v) is 6.48. The Morgan fingerprint density at radius 1 is 1.25 bits per heavy atom. The van der Waals surface area contributed by atoms with Crippen LogP contribution in [0, 0.1) is 0 Å². The van der Waals surface area contributed by atoms with Crippen molar-refractivity contribution in [2.75, 3.05) is 6.61 Å². The van der Waals surface area contributed by atoms with Crippen molar-refractivity contribution in [3.05, 3.63) is 29.3 Å². The largest absolute Gasteiger partial charge is 0.493 e. The molecular formula is C18H28O2. The fourth-order valence-electron chi connectivity index (χ4n) is 2.20. The van der Waals surface area contributed by atoms with Crippen LogP contribution in [0.2, 0.25) is 0 Å². The first-order valence-corrected chi connectivity index (χ1v) is 7.60. The first-order chi connectivity index (χ1) is 9.34. The third-order valence-electron chi connectivity index (χ3n) is 3.31. The fourth-order valence-corrected chi connectivity index (χ4v) is 2.20. The van der Waals surface area contributed by atoms with Gasteiger partial charge in [0.2, 0.25) is 0 Å². The summed E-state index contributed by atoms with van der Waals surface area (Å²) in [6.07, 6.45) is 3.56. The lowest BCUT2D eigenvalue weighted by Gasteiger charge is -2.23. The van der Waals surface area contributed by atoms with Crippen molar-refractivity contribution in [3.8, 4) is 5.75 Å². The highest BCUT2D eigenvalue weighted by molar-refractivity contribution is 5.75. The Morgan fingerprint density at radius 2 is 1.95 bits per heavy atom. The number of benzene rings is 1. The van der Waals surface area contributed by atoms with Gasteiger partial charge in [0.05, 0.1) is 6.61 Å². The summed E-state index contributed by atoms with van der Waals surface area (Å²) in [4.78, 5) is 11.0. The molecule has 1 rings (SSSR count). The normalized spacial score (nSPS) is 11.4. The van der Waals surface area contributed by atoms with Crippen LogP contribution in [0.4, 0.5) is 0 Å². The van der Waals surface area contributed by atoms with Gasteiger partial charge < -0.3 is 9.53 Å². The number of carbonyl (C=O) groups excluding carboxylic acids is 1. The summed E-state index contributed by atoms with van der Waals surface area (Å²) in [6, 6.07) is 6.45. The van der Waals surface area contributed by atoms with Gasteiger partial charge in [-0.25, -0.2) is 0 Å². The average Bonchev–Trinajstić information content (AvgIpc) is 2.35. The standard InChI is InChI=1S/C18H28O2/c1-6-12-20-17-11-10-15(9-7-8-14(2)19)13-16(17)18(3,4)5/h10-11,13H,6-9,12H2,1-5H3. The second kappa shape index (κ2) is 7.47. The molecule has 0 saturated heterocycles. The van der Waals surface area contributed by atoms with Crippen LogP contribution in [0.1, 0.15) is 65.0 Å². The number of hydrogen-bond donors (Lipinski definition) is 0. The molecule has 0 aliphatic carbocycles. The van der Waals surface area contributed by atoms with Gasteiger partial charge in [-0.05, 0) is 48.8 Å². The van der Waals surface area contributed by atoms with E-state index in [2.05, 4.69) is 45.9 Å². The van der Waals surface area contributed by atoms with Crippen molar-refractivity contribution in [2.45, 2.75) is 65.7 Å². The Hall–Kier alpha value is -1.31. The van der Waals surface area contributed by atoms with E-state index in [1.54, 1.807) is 6.92 Å². The topological polar surface area (TPSA) is 26.3 Å². The van der Waals surface area contributed by atoms with Crippen LogP contribution in [0.3, 0.4) is 0 Å². The smallest absolute Gasteiger partial charge is 0.129 e.